The Labute approximate surface area is 106 Å². The number of hydrogen-bond acceptors (Lipinski definition) is 3. The van der Waals surface area contributed by atoms with Crippen molar-refractivity contribution in [2.24, 2.45) is 0 Å². The molecule has 98 valence electrons. The van der Waals surface area contributed by atoms with Crippen LogP contribution in [0.25, 0.3) is 0 Å². The van der Waals surface area contributed by atoms with Crippen LogP contribution in [0, 0.1) is 10.1 Å². The van der Waals surface area contributed by atoms with Gasteiger partial charge in [-0.3, -0.25) is 14.9 Å². The summed E-state index contributed by atoms with van der Waals surface area (Å²) in [6, 6.07) is 0.931. The summed E-state index contributed by atoms with van der Waals surface area (Å²) in [5.74, 6) is -1.38. The number of carboxylic acids is 1. The summed E-state index contributed by atoms with van der Waals surface area (Å²) in [6.45, 7) is 0. The largest absolute Gasteiger partial charge is 0.481 e. The molecule has 0 atom stereocenters. The molecule has 0 fully saturated rings. The molecule has 1 rings (SSSR count). The summed E-state index contributed by atoms with van der Waals surface area (Å²) in [5.41, 5.74) is -2.38. The van der Waals surface area contributed by atoms with Crippen LogP contribution in [0.15, 0.2) is 16.6 Å². The normalized spacial score (nSPS) is 11.3. The zero-order valence-corrected chi connectivity index (χ0v) is 10.1. The molecular formula is C9H5BrF3NO4. The summed E-state index contributed by atoms with van der Waals surface area (Å²) < 4.78 is 37.2. The number of nitro groups is 1. The second kappa shape index (κ2) is 4.92. The lowest BCUT2D eigenvalue weighted by molar-refractivity contribution is -0.386. The molecule has 0 unspecified atom stereocenters. The Kier molecular flexibility index (Phi) is 3.95. The van der Waals surface area contributed by atoms with Crippen LogP contribution in [-0.4, -0.2) is 16.0 Å². The lowest BCUT2D eigenvalue weighted by Crippen LogP contribution is -2.09. The molecule has 1 N–H and O–H groups in total. The number of hydrogen-bond donors (Lipinski definition) is 1. The summed E-state index contributed by atoms with van der Waals surface area (Å²) in [7, 11) is 0. The Balaban J connectivity index is 3.46. The molecular weight excluding hydrogens is 323 g/mol. The SMILES string of the molecule is O=C(O)Cc1cc(C(F)(F)F)cc([N+](=O)[O-])c1Br. The minimum absolute atomic E-state index is 0.261. The van der Waals surface area contributed by atoms with Gasteiger partial charge in [-0.2, -0.15) is 13.2 Å². The first kappa shape index (κ1) is 14.4. The summed E-state index contributed by atoms with van der Waals surface area (Å²) in [4.78, 5) is 20.1. The summed E-state index contributed by atoms with van der Waals surface area (Å²) in [6.07, 6.45) is -5.52. The van der Waals surface area contributed by atoms with Crippen molar-refractivity contribution < 1.29 is 28.0 Å². The van der Waals surface area contributed by atoms with Gasteiger partial charge in [0, 0.05) is 6.07 Å². The van der Waals surface area contributed by atoms with E-state index in [1.807, 2.05) is 0 Å². The van der Waals surface area contributed by atoms with E-state index in [4.69, 9.17) is 5.11 Å². The number of rotatable bonds is 3. The molecule has 0 heterocycles. The average molecular weight is 328 g/mol. The zero-order valence-electron chi connectivity index (χ0n) is 8.49. The fourth-order valence-electron chi connectivity index (χ4n) is 1.26. The zero-order chi connectivity index (χ0) is 14.1. The minimum Gasteiger partial charge on any atom is -0.481 e. The second-order valence-electron chi connectivity index (χ2n) is 3.29. The third-order valence-electron chi connectivity index (χ3n) is 1.99. The highest BCUT2D eigenvalue weighted by atomic mass is 79.9. The van der Waals surface area contributed by atoms with Gasteiger partial charge >= 0.3 is 12.1 Å². The molecule has 0 bridgehead atoms. The van der Waals surface area contributed by atoms with Crippen LogP contribution in [0.1, 0.15) is 11.1 Å². The molecule has 18 heavy (non-hydrogen) atoms. The molecule has 1 aromatic carbocycles. The molecule has 0 spiro atoms. The average Bonchev–Trinajstić information content (AvgIpc) is 2.18. The van der Waals surface area contributed by atoms with E-state index in [0.29, 0.717) is 12.1 Å². The van der Waals surface area contributed by atoms with Gasteiger partial charge < -0.3 is 5.11 Å². The van der Waals surface area contributed by atoms with E-state index in [1.54, 1.807) is 0 Å². The summed E-state index contributed by atoms with van der Waals surface area (Å²) >= 11 is 2.74. The van der Waals surface area contributed by atoms with Gasteiger partial charge in [0.1, 0.15) is 0 Å². The van der Waals surface area contributed by atoms with Gasteiger partial charge in [-0.05, 0) is 27.6 Å². The van der Waals surface area contributed by atoms with Gasteiger partial charge in [-0.1, -0.05) is 0 Å². The van der Waals surface area contributed by atoms with Crippen LogP contribution in [-0.2, 0) is 17.4 Å². The molecule has 9 heteroatoms. The third-order valence-corrected chi connectivity index (χ3v) is 2.91. The van der Waals surface area contributed by atoms with Crippen molar-refractivity contribution in [3.8, 4) is 0 Å². The van der Waals surface area contributed by atoms with Crippen LogP contribution < -0.4 is 0 Å². The van der Waals surface area contributed by atoms with Gasteiger partial charge in [-0.25, -0.2) is 0 Å². The first-order valence-corrected chi connectivity index (χ1v) is 5.18. The maximum absolute atomic E-state index is 12.5. The van der Waals surface area contributed by atoms with Crippen LogP contribution in [0.4, 0.5) is 18.9 Å². The molecule has 0 aliphatic rings. The van der Waals surface area contributed by atoms with E-state index in [2.05, 4.69) is 15.9 Å². The second-order valence-corrected chi connectivity index (χ2v) is 4.09. The van der Waals surface area contributed by atoms with E-state index >= 15 is 0 Å². The first-order valence-electron chi connectivity index (χ1n) is 4.38. The van der Waals surface area contributed by atoms with Crippen molar-refractivity contribution in [3.63, 3.8) is 0 Å². The highest BCUT2D eigenvalue weighted by Gasteiger charge is 2.34. The molecule has 0 saturated heterocycles. The van der Waals surface area contributed by atoms with Gasteiger partial charge in [0.25, 0.3) is 5.69 Å². The number of nitrogens with zero attached hydrogens (tertiary/aromatic N) is 1. The van der Waals surface area contributed by atoms with Crippen molar-refractivity contribution in [1.29, 1.82) is 0 Å². The lowest BCUT2D eigenvalue weighted by atomic mass is 10.1. The van der Waals surface area contributed by atoms with Crippen molar-refractivity contribution >= 4 is 27.6 Å². The van der Waals surface area contributed by atoms with Gasteiger partial charge in [0.15, 0.2) is 0 Å². The van der Waals surface area contributed by atoms with Crippen LogP contribution in [0.3, 0.4) is 0 Å². The maximum atomic E-state index is 12.5. The van der Waals surface area contributed by atoms with Crippen molar-refractivity contribution in [2.45, 2.75) is 12.6 Å². The third kappa shape index (κ3) is 3.19. The molecule has 0 aliphatic carbocycles. The Morgan fingerprint density at radius 1 is 1.44 bits per heavy atom. The summed E-state index contributed by atoms with van der Waals surface area (Å²) in [5, 5.41) is 19.1. The van der Waals surface area contributed by atoms with E-state index in [1.165, 1.54) is 0 Å². The Morgan fingerprint density at radius 3 is 2.39 bits per heavy atom. The van der Waals surface area contributed by atoms with Crippen LogP contribution >= 0.6 is 15.9 Å². The van der Waals surface area contributed by atoms with Gasteiger partial charge in [0.05, 0.1) is 21.4 Å². The lowest BCUT2D eigenvalue weighted by Gasteiger charge is -2.10. The molecule has 0 amide bonds. The van der Waals surface area contributed by atoms with E-state index in [9.17, 15) is 28.1 Å². The van der Waals surface area contributed by atoms with E-state index in [-0.39, 0.29) is 10.0 Å². The van der Waals surface area contributed by atoms with Gasteiger partial charge in [-0.15, -0.1) is 0 Å². The highest BCUT2D eigenvalue weighted by molar-refractivity contribution is 9.10. The van der Waals surface area contributed by atoms with Crippen LogP contribution in [0.5, 0.6) is 0 Å². The fourth-order valence-corrected chi connectivity index (χ4v) is 1.77. The predicted octanol–water partition coefficient (Wildman–Crippen LogP) is 3.00. The van der Waals surface area contributed by atoms with Gasteiger partial charge in [0.2, 0.25) is 0 Å². The Morgan fingerprint density at radius 2 is 2.00 bits per heavy atom. The van der Waals surface area contributed by atoms with Crippen LogP contribution in [0.2, 0.25) is 0 Å². The van der Waals surface area contributed by atoms with E-state index < -0.39 is 34.7 Å². The maximum Gasteiger partial charge on any atom is 0.416 e. The molecule has 0 saturated carbocycles. The number of carboxylic acid groups (broad SMARTS) is 1. The standard InChI is InChI=1S/C9H5BrF3NO4/c10-8-4(2-7(15)16)1-5(9(11,12)13)3-6(8)14(17)18/h1,3H,2H2,(H,15,16). The predicted molar refractivity (Wildman–Crippen MR) is 57.1 cm³/mol. The molecule has 0 radical (unpaired) electrons. The topological polar surface area (TPSA) is 80.4 Å². The molecule has 0 aromatic heterocycles. The van der Waals surface area contributed by atoms with Crippen molar-refractivity contribution in [1.82, 2.24) is 0 Å². The smallest absolute Gasteiger partial charge is 0.416 e. The molecule has 5 nitrogen and oxygen atoms in total. The van der Waals surface area contributed by atoms with Crippen molar-refractivity contribution in [2.75, 3.05) is 0 Å². The number of nitro benzene ring substituents is 1. The Bertz CT molecular complexity index is 515. The first-order chi connectivity index (χ1) is 8.12. The molecule has 1 aromatic rings. The fraction of sp³-hybridized carbons (Fsp3) is 0.222. The van der Waals surface area contributed by atoms with E-state index in [0.717, 1.165) is 0 Å². The quantitative estimate of drug-likeness (QED) is 0.683. The highest BCUT2D eigenvalue weighted by Crippen LogP contribution is 2.37. The number of halogens is 4. The monoisotopic (exact) mass is 327 g/mol. The molecule has 0 aliphatic heterocycles. The number of carbonyl (C=O) groups is 1. The Hall–Kier alpha value is -1.64. The number of aliphatic carboxylic acids is 1. The van der Waals surface area contributed by atoms with Crippen molar-refractivity contribution in [3.05, 3.63) is 37.8 Å². The number of benzene rings is 1. The number of alkyl halides is 3. The minimum atomic E-state index is -4.78.